The van der Waals surface area contributed by atoms with Gasteiger partial charge in [0.1, 0.15) is 41.6 Å². The molecule has 222 valence electrons. The topological polar surface area (TPSA) is 137 Å². The number of nitrogens with zero attached hydrogens (tertiary/aromatic N) is 4. The molecule has 0 aliphatic carbocycles. The average Bonchev–Trinajstić information content (AvgIpc) is 3.32. The number of carbonyl (C=O) groups is 1. The van der Waals surface area contributed by atoms with Crippen molar-refractivity contribution in [2.75, 3.05) is 69.0 Å². The fraction of sp³-hybridized carbons (Fsp3) is 0.520. The number of cyclic esters (lactones) is 1. The second kappa shape index (κ2) is 10.8. The van der Waals surface area contributed by atoms with Crippen LogP contribution < -0.4 is 20.3 Å². The van der Waals surface area contributed by atoms with Gasteiger partial charge < -0.3 is 29.6 Å². The molecule has 5 heterocycles. The van der Waals surface area contributed by atoms with E-state index < -0.39 is 34.2 Å². The summed E-state index contributed by atoms with van der Waals surface area (Å²) in [5.41, 5.74) is 5.76. The molecule has 2 N–H and O–H groups in total. The maximum Gasteiger partial charge on any atom is 0.415 e. The zero-order valence-corrected chi connectivity index (χ0v) is 23.3. The minimum atomic E-state index is -3.93. The van der Waals surface area contributed by atoms with Crippen molar-refractivity contribution in [2.45, 2.75) is 29.1 Å². The lowest BCUT2D eigenvalue weighted by molar-refractivity contribution is -0.199. The Morgan fingerprint density at radius 2 is 1.88 bits per heavy atom. The second-order valence-electron chi connectivity index (χ2n) is 10.0. The molecule has 3 fully saturated rings. The first kappa shape index (κ1) is 28.3. The van der Waals surface area contributed by atoms with Gasteiger partial charge in [0, 0.05) is 44.4 Å². The number of ether oxygens (including phenoxy) is 4. The van der Waals surface area contributed by atoms with E-state index in [1.165, 1.54) is 33.5 Å². The Morgan fingerprint density at radius 3 is 2.59 bits per heavy atom. The monoisotopic (exact) mass is 615 g/mol. The maximum atomic E-state index is 15.2. The molecule has 0 bridgehead atoms. The van der Waals surface area contributed by atoms with Crippen LogP contribution in [0.25, 0.3) is 0 Å². The fourth-order valence-corrected chi connectivity index (χ4v) is 7.04. The largest absolute Gasteiger partial charge is 0.489 e. The minimum Gasteiger partial charge on any atom is -0.489 e. The highest BCUT2D eigenvalue weighted by molar-refractivity contribution is 7.89. The van der Waals surface area contributed by atoms with Gasteiger partial charge in [0.2, 0.25) is 10.0 Å². The standard InChI is InChI=1S/C25H28ClF2N5O7S/c26-22-9-15(25(27,28)21-14-37-7-8-38-21)10-23(30-22)31-3-5-32(6-4-31)41(35,36)16-1-2-17-19(11-16)39-13-18-20(12-29)40-24(34)33(17)18/h1-2,9-11,18,20-21H,3-8,12-14,29H2/t18-,20+,21-/m0/s1. The van der Waals surface area contributed by atoms with Gasteiger partial charge in [-0.05, 0) is 24.3 Å². The van der Waals surface area contributed by atoms with Gasteiger partial charge in [-0.2, -0.15) is 13.1 Å². The van der Waals surface area contributed by atoms with Crippen molar-refractivity contribution in [3.63, 3.8) is 0 Å². The molecule has 4 aliphatic rings. The van der Waals surface area contributed by atoms with Crippen LogP contribution in [-0.2, 0) is 30.2 Å². The Morgan fingerprint density at radius 1 is 1.10 bits per heavy atom. The van der Waals surface area contributed by atoms with Crippen molar-refractivity contribution >= 4 is 39.2 Å². The van der Waals surface area contributed by atoms with Gasteiger partial charge in [0.25, 0.3) is 0 Å². The molecule has 1 aromatic carbocycles. The third-order valence-corrected chi connectivity index (χ3v) is 9.72. The first-order valence-electron chi connectivity index (χ1n) is 13.1. The van der Waals surface area contributed by atoms with Crippen molar-refractivity contribution in [3.05, 3.63) is 41.0 Å². The number of sulfonamides is 1. The summed E-state index contributed by atoms with van der Waals surface area (Å²) in [5, 5.41) is -0.111. The number of halogens is 3. The van der Waals surface area contributed by atoms with Crippen molar-refractivity contribution in [3.8, 4) is 5.75 Å². The number of aromatic nitrogens is 1. The van der Waals surface area contributed by atoms with E-state index in [9.17, 15) is 13.2 Å². The maximum absolute atomic E-state index is 15.2. The molecule has 3 atom stereocenters. The van der Waals surface area contributed by atoms with E-state index >= 15 is 8.78 Å². The minimum absolute atomic E-state index is 0.00333. The Balaban J connectivity index is 1.16. The first-order chi connectivity index (χ1) is 19.6. The molecule has 6 rings (SSSR count). The number of amides is 1. The zero-order chi connectivity index (χ0) is 28.9. The van der Waals surface area contributed by atoms with Crippen LogP contribution in [0.5, 0.6) is 5.75 Å². The summed E-state index contributed by atoms with van der Waals surface area (Å²) in [4.78, 5) is 19.7. The van der Waals surface area contributed by atoms with Gasteiger partial charge in [0.05, 0.1) is 30.4 Å². The van der Waals surface area contributed by atoms with Gasteiger partial charge in [-0.25, -0.2) is 18.2 Å². The van der Waals surface area contributed by atoms with Gasteiger partial charge in [-0.15, -0.1) is 0 Å². The number of carbonyl (C=O) groups excluding carboxylic acids is 1. The molecule has 41 heavy (non-hydrogen) atoms. The molecule has 1 aromatic heterocycles. The quantitative estimate of drug-likeness (QED) is 0.479. The van der Waals surface area contributed by atoms with Crippen LogP contribution in [0, 0.1) is 0 Å². The van der Waals surface area contributed by atoms with Crippen LogP contribution in [0.4, 0.5) is 25.1 Å². The predicted octanol–water partition coefficient (Wildman–Crippen LogP) is 1.80. The molecular formula is C25H28ClF2N5O7S. The van der Waals surface area contributed by atoms with Crippen molar-refractivity contribution < 1.29 is 40.9 Å². The summed E-state index contributed by atoms with van der Waals surface area (Å²) < 4.78 is 80.1. The van der Waals surface area contributed by atoms with Crippen molar-refractivity contribution in [2.24, 2.45) is 5.73 Å². The van der Waals surface area contributed by atoms with E-state index in [4.69, 9.17) is 36.3 Å². The number of benzene rings is 1. The van der Waals surface area contributed by atoms with Crippen LogP contribution in [0.1, 0.15) is 5.56 Å². The number of piperazine rings is 1. The number of anilines is 2. The Hall–Kier alpha value is -2.82. The van der Waals surface area contributed by atoms with Crippen LogP contribution in [0.2, 0.25) is 5.15 Å². The summed E-state index contributed by atoms with van der Waals surface area (Å²) >= 11 is 6.11. The van der Waals surface area contributed by atoms with Crippen LogP contribution in [0.15, 0.2) is 35.2 Å². The molecule has 0 unspecified atom stereocenters. The fourth-order valence-electron chi connectivity index (χ4n) is 5.40. The smallest absolute Gasteiger partial charge is 0.415 e. The second-order valence-corrected chi connectivity index (χ2v) is 12.3. The third kappa shape index (κ3) is 5.08. The highest BCUT2D eigenvalue weighted by atomic mass is 35.5. The number of fused-ring (bicyclic) bond motifs is 3. The molecular weight excluding hydrogens is 588 g/mol. The molecule has 4 aliphatic heterocycles. The average molecular weight is 616 g/mol. The number of nitrogens with two attached hydrogens (primary N) is 1. The van der Waals surface area contributed by atoms with E-state index in [1.807, 2.05) is 0 Å². The van der Waals surface area contributed by atoms with Gasteiger partial charge in [-0.3, -0.25) is 4.90 Å². The lowest BCUT2D eigenvalue weighted by Crippen LogP contribution is -2.49. The summed E-state index contributed by atoms with van der Waals surface area (Å²) in [6, 6.07) is 6.28. The Bertz CT molecular complexity index is 1440. The molecule has 2 aromatic rings. The predicted molar refractivity (Wildman–Crippen MR) is 142 cm³/mol. The van der Waals surface area contributed by atoms with E-state index in [0.717, 1.165) is 6.07 Å². The molecule has 0 spiro atoms. The van der Waals surface area contributed by atoms with E-state index in [1.54, 1.807) is 4.90 Å². The highest BCUT2D eigenvalue weighted by Crippen LogP contribution is 2.41. The van der Waals surface area contributed by atoms with E-state index in [-0.39, 0.29) is 92.4 Å². The molecule has 1 amide bonds. The molecule has 3 saturated heterocycles. The van der Waals surface area contributed by atoms with Crippen LogP contribution in [0.3, 0.4) is 0 Å². The molecule has 0 saturated carbocycles. The Kier molecular flexibility index (Phi) is 7.45. The van der Waals surface area contributed by atoms with Crippen molar-refractivity contribution in [1.29, 1.82) is 0 Å². The van der Waals surface area contributed by atoms with Crippen LogP contribution in [-0.4, -0.2) is 101 Å². The van der Waals surface area contributed by atoms with Crippen molar-refractivity contribution in [1.82, 2.24) is 9.29 Å². The normalized spacial score (nSPS) is 25.4. The summed E-state index contributed by atoms with van der Waals surface area (Å²) in [5.74, 6) is -2.90. The third-order valence-electron chi connectivity index (χ3n) is 7.63. The molecule has 12 nitrogen and oxygen atoms in total. The van der Waals surface area contributed by atoms with Gasteiger partial charge >= 0.3 is 12.0 Å². The Labute approximate surface area is 239 Å². The zero-order valence-electron chi connectivity index (χ0n) is 21.7. The van der Waals surface area contributed by atoms with E-state index in [2.05, 4.69) is 4.98 Å². The van der Waals surface area contributed by atoms with Gasteiger partial charge in [0.15, 0.2) is 0 Å². The summed E-state index contributed by atoms with van der Waals surface area (Å²) in [6.45, 7) is 0.898. The van der Waals surface area contributed by atoms with Crippen LogP contribution >= 0.6 is 11.6 Å². The highest BCUT2D eigenvalue weighted by Gasteiger charge is 2.47. The van der Waals surface area contributed by atoms with Gasteiger partial charge in [-0.1, -0.05) is 11.6 Å². The number of alkyl halides is 2. The number of hydrogen-bond acceptors (Lipinski definition) is 10. The number of rotatable bonds is 6. The summed E-state index contributed by atoms with van der Waals surface area (Å²) in [6.07, 6.45) is -2.52. The number of hydrogen-bond donors (Lipinski definition) is 1. The first-order valence-corrected chi connectivity index (χ1v) is 14.9. The SMILES string of the molecule is NC[C@H]1OC(=O)N2c3ccc(S(=O)(=O)N4CCN(c5cc(C(F)(F)[C@@H]6COCCO6)cc(Cl)n5)CC4)cc3OC[C@@H]12. The molecule has 0 radical (unpaired) electrons. The number of pyridine rings is 1. The summed E-state index contributed by atoms with van der Waals surface area (Å²) in [7, 11) is -3.93. The lowest BCUT2D eigenvalue weighted by atomic mass is 10.0. The molecule has 16 heteroatoms. The lowest BCUT2D eigenvalue weighted by Gasteiger charge is -2.36. The van der Waals surface area contributed by atoms with E-state index in [0.29, 0.717) is 5.69 Å².